The number of hydrogen-bond donors (Lipinski definition) is 4. The average molecular weight is 287 g/mol. The molecular weight excluding hydrogens is 270 g/mol. The van der Waals surface area contributed by atoms with Crippen LogP contribution in [-0.2, 0) is 9.59 Å². The van der Waals surface area contributed by atoms with E-state index in [1.807, 2.05) is 6.26 Å². The topological polar surface area (TPSA) is 122 Å². The smallest absolute Gasteiger partial charge is 0.326 e. The Hall–Kier alpha value is -1.72. The van der Waals surface area contributed by atoms with Crippen molar-refractivity contribution in [1.29, 1.82) is 5.26 Å². The Kier molecular flexibility index (Phi) is 9.30. The summed E-state index contributed by atoms with van der Waals surface area (Å²) in [5.74, 6) is -1.30. The van der Waals surface area contributed by atoms with Gasteiger partial charge in [-0.1, -0.05) is 0 Å². The van der Waals surface area contributed by atoms with Gasteiger partial charge in [0.15, 0.2) is 0 Å². The van der Waals surface area contributed by atoms with Crippen LogP contribution in [0.15, 0.2) is 11.8 Å². The van der Waals surface area contributed by atoms with E-state index in [-0.39, 0.29) is 25.1 Å². The number of carbonyl (C=O) groups is 2. The summed E-state index contributed by atoms with van der Waals surface area (Å²) in [7, 11) is 0. The van der Waals surface area contributed by atoms with Gasteiger partial charge in [-0.05, 0) is 18.4 Å². The van der Waals surface area contributed by atoms with E-state index in [2.05, 4.69) is 10.6 Å². The Labute approximate surface area is 115 Å². The van der Waals surface area contributed by atoms with E-state index in [0.717, 1.165) is 6.20 Å². The first kappa shape index (κ1) is 17.3. The summed E-state index contributed by atoms with van der Waals surface area (Å²) < 4.78 is 0. The van der Waals surface area contributed by atoms with Crippen LogP contribution in [-0.4, -0.2) is 53.3 Å². The minimum Gasteiger partial charge on any atom is -0.480 e. The van der Waals surface area contributed by atoms with Gasteiger partial charge in [-0.3, -0.25) is 4.79 Å². The summed E-state index contributed by atoms with van der Waals surface area (Å²) in [6.45, 7) is 0.0651. The summed E-state index contributed by atoms with van der Waals surface area (Å²) in [6.07, 6.45) is 3.27. The molecule has 0 radical (unpaired) electrons. The SMILES string of the molecule is CSCCC(NC(=O)/C(C#N)=C\NCCO)C(=O)O. The number of nitrogens with one attached hydrogen (secondary N) is 2. The normalized spacial score (nSPS) is 12.4. The molecule has 106 valence electrons. The van der Waals surface area contributed by atoms with Crippen molar-refractivity contribution in [3.8, 4) is 6.07 Å². The van der Waals surface area contributed by atoms with Crippen LogP contribution in [0.3, 0.4) is 0 Å². The first-order valence-corrected chi connectivity index (χ1v) is 6.93. The summed E-state index contributed by atoms with van der Waals surface area (Å²) in [4.78, 5) is 22.6. The summed E-state index contributed by atoms with van der Waals surface area (Å²) >= 11 is 1.47. The van der Waals surface area contributed by atoms with Gasteiger partial charge in [0, 0.05) is 12.7 Å². The molecule has 0 aliphatic heterocycles. The predicted molar refractivity (Wildman–Crippen MR) is 71.4 cm³/mol. The van der Waals surface area contributed by atoms with Gasteiger partial charge in [0.25, 0.3) is 5.91 Å². The van der Waals surface area contributed by atoms with Crippen molar-refractivity contribution in [3.05, 3.63) is 11.8 Å². The van der Waals surface area contributed by atoms with Crippen molar-refractivity contribution in [1.82, 2.24) is 10.6 Å². The van der Waals surface area contributed by atoms with Gasteiger partial charge in [-0.15, -0.1) is 0 Å². The highest BCUT2D eigenvalue weighted by Gasteiger charge is 2.21. The van der Waals surface area contributed by atoms with Crippen molar-refractivity contribution in [3.63, 3.8) is 0 Å². The molecule has 0 rings (SSSR count). The summed E-state index contributed by atoms with van der Waals surface area (Å²) in [5.41, 5.74) is -0.233. The number of aliphatic hydroxyl groups excluding tert-OH is 1. The Bertz CT molecular complexity index is 379. The van der Waals surface area contributed by atoms with Crippen molar-refractivity contribution in [2.75, 3.05) is 25.2 Å². The molecule has 19 heavy (non-hydrogen) atoms. The molecule has 1 atom stereocenters. The lowest BCUT2D eigenvalue weighted by molar-refractivity contribution is -0.141. The van der Waals surface area contributed by atoms with E-state index >= 15 is 0 Å². The third kappa shape index (κ3) is 7.33. The lowest BCUT2D eigenvalue weighted by Gasteiger charge is -2.13. The minimum absolute atomic E-state index is 0.137. The second-order valence-corrected chi connectivity index (χ2v) is 4.48. The average Bonchev–Trinajstić information content (AvgIpc) is 2.39. The Balaban J connectivity index is 4.56. The quantitative estimate of drug-likeness (QED) is 0.251. The molecule has 0 heterocycles. The van der Waals surface area contributed by atoms with Crippen LogP contribution in [0.4, 0.5) is 0 Å². The molecule has 8 heteroatoms. The fraction of sp³-hybridized carbons (Fsp3) is 0.545. The van der Waals surface area contributed by atoms with Crippen molar-refractivity contribution in [2.45, 2.75) is 12.5 Å². The van der Waals surface area contributed by atoms with Gasteiger partial charge in [0.05, 0.1) is 6.61 Å². The Morgan fingerprint density at radius 3 is 2.68 bits per heavy atom. The third-order valence-corrected chi connectivity index (χ3v) is 2.73. The van der Waals surface area contributed by atoms with Crippen molar-refractivity contribution >= 4 is 23.6 Å². The van der Waals surface area contributed by atoms with E-state index in [1.165, 1.54) is 11.8 Å². The zero-order valence-electron chi connectivity index (χ0n) is 10.5. The van der Waals surface area contributed by atoms with Gasteiger partial charge in [-0.25, -0.2) is 4.79 Å². The first-order chi connectivity index (χ1) is 9.06. The molecule has 0 aromatic rings. The van der Waals surface area contributed by atoms with Gasteiger partial charge < -0.3 is 20.8 Å². The van der Waals surface area contributed by atoms with Gasteiger partial charge in [-0.2, -0.15) is 17.0 Å². The highest BCUT2D eigenvalue weighted by molar-refractivity contribution is 7.98. The largest absolute Gasteiger partial charge is 0.480 e. The highest BCUT2D eigenvalue weighted by Crippen LogP contribution is 2.02. The molecule has 0 aromatic heterocycles. The highest BCUT2D eigenvalue weighted by atomic mass is 32.2. The first-order valence-electron chi connectivity index (χ1n) is 5.54. The monoisotopic (exact) mass is 287 g/mol. The van der Waals surface area contributed by atoms with E-state index in [9.17, 15) is 9.59 Å². The van der Waals surface area contributed by atoms with Crippen LogP contribution in [0, 0.1) is 11.3 Å². The van der Waals surface area contributed by atoms with Crippen LogP contribution in [0.2, 0.25) is 0 Å². The number of carboxylic acid groups (broad SMARTS) is 1. The van der Waals surface area contributed by atoms with Gasteiger partial charge in [0.2, 0.25) is 0 Å². The van der Waals surface area contributed by atoms with Crippen LogP contribution >= 0.6 is 11.8 Å². The molecule has 0 aromatic carbocycles. The number of nitriles is 1. The molecule has 0 aliphatic carbocycles. The second kappa shape index (κ2) is 10.2. The van der Waals surface area contributed by atoms with Gasteiger partial charge >= 0.3 is 5.97 Å². The van der Waals surface area contributed by atoms with Crippen LogP contribution in [0.25, 0.3) is 0 Å². The molecule has 0 spiro atoms. The fourth-order valence-corrected chi connectivity index (χ4v) is 1.59. The van der Waals surface area contributed by atoms with Crippen molar-refractivity contribution in [2.24, 2.45) is 0 Å². The van der Waals surface area contributed by atoms with Crippen LogP contribution in [0.5, 0.6) is 0 Å². The number of nitrogens with zero attached hydrogens (tertiary/aromatic N) is 1. The summed E-state index contributed by atoms with van der Waals surface area (Å²) in [6, 6.07) is 0.649. The molecule has 0 fully saturated rings. The molecule has 1 unspecified atom stereocenters. The van der Waals surface area contributed by atoms with E-state index in [0.29, 0.717) is 5.75 Å². The number of aliphatic hydroxyl groups is 1. The number of rotatable bonds is 9. The molecule has 0 aliphatic rings. The van der Waals surface area contributed by atoms with Gasteiger partial charge in [0.1, 0.15) is 17.7 Å². The Morgan fingerprint density at radius 2 is 2.21 bits per heavy atom. The Morgan fingerprint density at radius 1 is 1.53 bits per heavy atom. The maximum absolute atomic E-state index is 11.7. The molecule has 0 saturated heterocycles. The van der Waals surface area contributed by atoms with E-state index < -0.39 is 17.9 Å². The number of carbonyl (C=O) groups excluding carboxylic acids is 1. The van der Waals surface area contributed by atoms with E-state index in [1.54, 1.807) is 6.07 Å². The second-order valence-electron chi connectivity index (χ2n) is 3.49. The zero-order valence-corrected chi connectivity index (χ0v) is 11.4. The third-order valence-electron chi connectivity index (χ3n) is 2.08. The van der Waals surface area contributed by atoms with Crippen LogP contribution in [0.1, 0.15) is 6.42 Å². The fourth-order valence-electron chi connectivity index (χ4n) is 1.12. The molecule has 7 nitrogen and oxygen atoms in total. The van der Waals surface area contributed by atoms with Crippen molar-refractivity contribution < 1.29 is 19.8 Å². The minimum atomic E-state index is -1.14. The number of aliphatic carboxylic acids is 1. The standard InChI is InChI=1S/C11H17N3O4S/c1-19-5-2-9(11(17)18)14-10(16)8(6-12)7-13-3-4-15/h7,9,13,15H,2-5H2,1H3,(H,14,16)(H,17,18)/b8-7-. The predicted octanol–water partition coefficient (Wildman–Crippen LogP) is -0.702. The zero-order chi connectivity index (χ0) is 14.7. The molecule has 1 amide bonds. The molecular formula is C11H17N3O4S. The number of hydrogen-bond acceptors (Lipinski definition) is 6. The molecule has 0 bridgehead atoms. The maximum Gasteiger partial charge on any atom is 0.326 e. The number of amides is 1. The van der Waals surface area contributed by atoms with Crippen LogP contribution < -0.4 is 10.6 Å². The lowest BCUT2D eigenvalue weighted by atomic mass is 10.2. The maximum atomic E-state index is 11.7. The molecule has 4 N–H and O–H groups in total. The summed E-state index contributed by atoms with van der Waals surface area (Å²) in [5, 5.41) is 31.1. The lowest BCUT2D eigenvalue weighted by Crippen LogP contribution is -2.42. The number of thioether (sulfide) groups is 1. The number of carboxylic acids is 1. The van der Waals surface area contributed by atoms with E-state index in [4.69, 9.17) is 15.5 Å². The molecule has 0 saturated carbocycles.